The molecule has 2 N–H and O–H groups in total. The van der Waals surface area contributed by atoms with Crippen LogP contribution in [-0.4, -0.2) is 56.0 Å². The molecule has 1 fully saturated rings. The molecule has 2 unspecified atom stereocenters. The number of benzene rings is 1. The number of piperidine rings is 1. The lowest BCUT2D eigenvalue weighted by atomic mass is 9.80. The second-order valence-electron chi connectivity index (χ2n) is 10.1. The summed E-state index contributed by atoms with van der Waals surface area (Å²) in [5.74, 6) is 0.505. The average molecular weight is 489 g/mol. The minimum Gasteiger partial charge on any atom is -0.497 e. The molecule has 1 aromatic heterocycles. The topological polar surface area (TPSA) is 92.7 Å². The fraction of sp³-hybridized carbons (Fsp3) is 0.560. The minimum absolute atomic E-state index is 0.0489. The van der Waals surface area contributed by atoms with E-state index >= 15 is 0 Å². The summed E-state index contributed by atoms with van der Waals surface area (Å²) in [5, 5.41) is 6.58. The highest BCUT2D eigenvalue weighted by molar-refractivity contribution is 7.89. The molecule has 1 saturated heterocycles. The number of nitrogens with zero attached hydrogens (tertiary/aromatic N) is 2. The van der Waals surface area contributed by atoms with E-state index in [-0.39, 0.29) is 23.8 Å². The van der Waals surface area contributed by atoms with Gasteiger partial charge in [0.15, 0.2) is 0 Å². The van der Waals surface area contributed by atoms with Gasteiger partial charge in [-0.05, 0) is 67.6 Å². The molecule has 1 amide bonds. The van der Waals surface area contributed by atoms with Gasteiger partial charge in [-0.1, -0.05) is 13.8 Å². The van der Waals surface area contributed by atoms with E-state index in [9.17, 15) is 13.2 Å². The number of carbonyl (C=O) groups is 1. The van der Waals surface area contributed by atoms with E-state index in [1.807, 2.05) is 22.9 Å². The number of aromatic nitrogens is 1. The maximum absolute atomic E-state index is 14.0. The number of rotatable bonds is 6. The number of aryl methyl sites for hydroxylation is 2. The molecule has 3 heterocycles. The first-order valence-electron chi connectivity index (χ1n) is 11.9. The van der Waals surface area contributed by atoms with Crippen LogP contribution in [0.15, 0.2) is 35.4 Å². The third-order valence-corrected chi connectivity index (χ3v) is 9.41. The lowest BCUT2D eigenvalue weighted by Gasteiger charge is -2.40. The van der Waals surface area contributed by atoms with Crippen molar-refractivity contribution in [2.75, 3.05) is 26.7 Å². The first kappa shape index (κ1) is 24.8. The molecule has 0 bridgehead atoms. The first-order chi connectivity index (χ1) is 16.0. The van der Waals surface area contributed by atoms with Crippen LogP contribution in [0.4, 0.5) is 0 Å². The van der Waals surface area contributed by atoms with Crippen molar-refractivity contribution in [3.8, 4) is 5.75 Å². The molecule has 1 aromatic carbocycles. The van der Waals surface area contributed by atoms with E-state index < -0.39 is 16.1 Å². The number of carbonyl (C=O) groups excluding carboxylic acids is 1. The van der Waals surface area contributed by atoms with Crippen LogP contribution in [0.3, 0.4) is 0 Å². The number of ether oxygens (including phenoxy) is 1. The van der Waals surface area contributed by atoms with Crippen LogP contribution in [-0.2, 0) is 21.4 Å². The number of hydrogen-bond acceptors (Lipinski definition) is 5. The van der Waals surface area contributed by atoms with Crippen molar-refractivity contribution in [1.82, 2.24) is 19.5 Å². The van der Waals surface area contributed by atoms with Crippen molar-refractivity contribution < 1.29 is 17.9 Å². The van der Waals surface area contributed by atoms with Crippen LogP contribution in [0, 0.1) is 19.3 Å². The smallest absolute Gasteiger partial charge is 0.244 e. The third-order valence-electron chi connectivity index (χ3n) is 7.20. The molecular formula is C25H36N4O4S. The fourth-order valence-electron chi connectivity index (χ4n) is 5.36. The number of sulfonamides is 1. The van der Waals surface area contributed by atoms with Crippen molar-refractivity contribution in [1.29, 1.82) is 0 Å². The maximum Gasteiger partial charge on any atom is 0.244 e. The van der Waals surface area contributed by atoms with Gasteiger partial charge in [0, 0.05) is 44.0 Å². The zero-order valence-electron chi connectivity index (χ0n) is 20.7. The van der Waals surface area contributed by atoms with Gasteiger partial charge in [0.05, 0.1) is 18.0 Å². The van der Waals surface area contributed by atoms with Crippen molar-refractivity contribution in [2.45, 2.75) is 64.1 Å². The van der Waals surface area contributed by atoms with Gasteiger partial charge in [0.2, 0.25) is 15.9 Å². The Morgan fingerprint density at radius 2 is 1.94 bits per heavy atom. The third kappa shape index (κ3) is 4.61. The van der Waals surface area contributed by atoms with E-state index in [2.05, 4.69) is 24.5 Å². The van der Waals surface area contributed by atoms with Crippen molar-refractivity contribution in [3.63, 3.8) is 0 Å². The van der Waals surface area contributed by atoms with Crippen LogP contribution in [0.25, 0.3) is 0 Å². The first-order valence-corrected chi connectivity index (χ1v) is 13.3. The van der Waals surface area contributed by atoms with Crippen molar-refractivity contribution in [3.05, 3.63) is 47.3 Å². The van der Waals surface area contributed by atoms with Gasteiger partial charge in [-0.2, -0.15) is 4.31 Å². The molecule has 0 radical (unpaired) electrons. The molecule has 0 saturated carbocycles. The summed E-state index contributed by atoms with van der Waals surface area (Å²) in [5.41, 5.74) is 2.05. The molecule has 186 valence electrons. The zero-order chi connectivity index (χ0) is 24.7. The molecule has 0 spiro atoms. The van der Waals surface area contributed by atoms with E-state index in [1.165, 1.54) is 4.31 Å². The number of methoxy groups -OCH3 is 1. The molecule has 2 atom stereocenters. The molecule has 2 aliphatic rings. The van der Waals surface area contributed by atoms with Gasteiger partial charge in [-0.25, -0.2) is 8.42 Å². The maximum atomic E-state index is 14.0. The Bertz CT molecular complexity index is 1150. The normalized spacial score (nSPS) is 22.7. The highest BCUT2D eigenvalue weighted by atomic mass is 32.2. The van der Waals surface area contributed by atoms with Gasteiger partial charge in [0.25, 0.3) is 0 Å². The van der Waals surface area contributed by atoms with Crippen LogP contribution >= 0.6 is 0 Å². The molecular weight excluding hydrogens is 452 g/mol. The Balaban J connectivity index is 1.65. The Labute approximate surface area is 202 Å². The summed E-state index contributed by atoms with van der Waals surface area (Å²) in [4.78, 5) is 13.5. The van der Waals surface area contributed by atoms with Gasteiger partial charge in [0.1, 0.15) is 5.75 Å². The summed E-state index contributed by atoms with van der Waals surface area (Å²) in [6, 6.07) is 6.80. The molecule has 0 aliphatic carbocycles. The number of amides is 1. The Kier molecular flexibility index (Phi) is 6.81. The standard InChI is InChI=1S/C25H36N4O4S/c1-17-13-19(33-5)14-18(2)24(17)34(31,32)29-12-11-28-10-6-7-20(28)21(29)15-23(30)27-22-8-9-26-16-25(22,3)4/h6-7,10,13-14,21-22,26H,8-9,11-12,15-16H2,1-5H3,(H,27,30). The number of nitrogens with one attached hydrogen (secondary N) is 2. The largest absolute Gasteiger partial charge is 0.497 e. The van der Waals surface area contributed by atoms with Crippen molar-refractivity contribution >= 4 is 15.9 Å². The lowest BCUT2D eigenvalue weighted by molar-refractivity contribution is -0.124. The lowest BCUT2D eigenvalue weighted by Crippen LogP contribution is -2.55. The van der Waals surface area contributed by atoms with Gasteiger partial charge >= 0.3 is 0 Å². The molecule has 4 rings (SSSR count). The quantitative estimate of drug-likeness (QED) is 0.652. The fourth-order valence-corrected chi connectivity index (χ4v) is 7.36. The summed E-state index contributed by atoms with van der Waals surface area (Å²) < 4.78 is 36.8. The van der Waals surface area contributed by atoms with Crippen LogP contribution in [0.2, 0.25) is 0 Å². The van der Waals surface area contributed by atoms with Gasteiger partial charge < -0.3 is 19.9 Å². The Morgan fingerprint density at radius 1 is 1.24 bits per heavy atom. The number of hydrogen-bond donors (Lipinski definition) is 2. The van der Waals surface area contributed by atoms with E-state index in [0.29, 0.717) is 34.9 Å². The SMILES string of the molecule is COc1cc(C)c(S(=O)(=O)N2CCn3cccc3C2CC(=O)NC2CCNCC2(C)C)c(C)c1. The second kappa shape index (κ2) is 9.36. The molecule has 2 aromatic rings. The molecule has 9 heteroatoms. The average Bonchev–Trinajstić information content (AvgIpc) is 3.24. The van der Waals surface area contributed by atoms with E-state index in [0.717, 1.165) is 25.2 Å². The highest BCUT2D eigenvalue weighted by Crippen LogP contribution is 2.37. The van der Waals surface area contributed by atoms with Gasteiger partial charge in [-0.3, -0.25) is 4.79 Å². The van der Waals surface area contributed by atoms with Crippen LogP contribution in [0.5, 0.6) is 5.75 Å². The van der Waals surface area contributed by atoms with Gasteiger partial charge in [-0.15, -0.1) is 0 Å². The summed E-state index contributed by atoms with van der Waals surface area (Å²) in [6.07, 6.45) is 2.88. The molecule has 2 aliphatic heterocycles. The van der Waals surface area contributed by atoms with E-state index in [4.69, 9.17) is 4.74 Å². The number of fused-ring (bicyclic) bond motifs is 1. The Hall–Kier alpha value is -2.36. The summed E-state index contributed by atoms with van der Waals surface area (Å²) in [7, 11) is -2.28. The highest BCUT2D eigenvalue weighted by Gasteiger charge is 2.40. The monoisotopic (exact) mass is 488 g/mol. The second-order valence-corrected chi connectivity index (χ2v) is 12.0. The summed E-state index contributed by atoms with van der Waals surface area (Å²) >= 11 is 0. The predicted molar refractivity (Wildman–Crippen MR) is 131 cm³/mol. The van der Waals surface area contributed by atoms with Crippen LogP contribution in [0.1, 0.15) is 49.6 Å². The van der Waals surface area contributed by atoms with Crippen molar-refractivity contribution in [2.24, 2.45) is 5.41 Å². The Morgan fingerprint density at radius 3 is 2.59 bits per heavy atom. The minimum atomic E-state index is -3.85. The zero-order valence-corrected chi connectivity index (χ0v) is 21.5. The van der Waals surface area contributed by atoms with E-state index in [1.54, 1.807) is 33.1 Å². The van der Waals surface area contributed by atoms with Crippen LogP contribution < -0.4 is 15.4 Å². The summed E-state index contributed by atoms with van der Waals surface area (Å²) in [6.45, 7) is 10.4. The molecule has 8 nitrogen and oxygen atoms in total. The molecule has 34 heavy (non-hydrogen) atoms. The predicted octanol–water partition coefficient (Wildman–Crippen LogP) is 2.75.